The van der Waals surface area contributed by atoms with Crippen LogP contribution < -0.4 is 4.90 Å². The summed E-state index contributed by atoms with van der Waals surface area (Å²) >= 11 is 0. The fraction of sp³-hybridized carbons (Fsp3) is 0.0526. The van der Waals surface area contributed by atoms with Gasteiger partial charge in [-0.2, -0.15) is 0 Å². The maximum atomic E-state index is 6.78. The van der Waals surface area contributed by atoms with Crippen LogP contribution in [-0.2, 0) is 5.41 Å². The van der Waals surface area contributed by atoms with E-state index < -0.39 is 0 Å². The number of fused-ring (bicyclic) bond motifs is 9. The smallest absolute Gasteiger partial charge is 0.137 e. The molecule has 0 unspecified atom stereocenters. The highest BCUT2D eigenvalue weighted by Crippen LogP contribution is 2.51. The zero-order valence-electron chi connectivity index (χ0n) is 33.3. The summed E-state index contributed by atoms with van der Waals surface area (Å²) in [5, 5.41) is 4.22. The summed E-state index contributed by atoms with van der Waals surface area (Å²) in [6.45, 7) is 4.68. The highest BCUT2D eigenvalue weighted by atomic mass is 16.3. The Morgan fingerprint density at radius 2 is 0.817 bits per heavy atom. The quantitative estimate of drug-likeness (QED) is 0.169. The molecule has 2 heterocycles. The summed E-state index contributed by atoms with van der Waals surface area (Å²) < 4.78 is 13.2. The van der Waals surface area contributed by atoms with Crippen molar-refractivity contribution in [3.63, 3.8) is 0 Å². The molecule has 3 nitrogen and oxygen atoms in total. The fourth-order valence-corrected chi connectivity index (χ4v) is 9.57. The minimum Gasteiger partial charge on any atom is -0.456 e. The number of benzene rings is 9. The van der Waals surface area contributed by atoms with Crippen LogP contribution in [0.2, 0.25) is 0 Å². The van der Waals surface area contributed by atoms with Crippen LogP contribution in [0.3, 0.4) is 0 Å². The van der Waals surface area contributed by atoms with Crippen LogP contribution in [0.25, 0.3) is 88.4 Å². The van der Waals surface area contributed by atoms with Gasteiger partial charge in [-0.3, -0.25) is 0 Å². The van der Waals surface area contributed by atoms with Crippen LogP contribution in [-0.4, -0.2) is 0 Å². The fourth-order valence-electron chi connectivity index (χ4n) is 9.57. The molecule has 0 aliphatic heterocycles. The molecule has 0 bridgehead atoms. The molecule has 11 aromatic rings. The van der Waals surface area contributed by atoms with Gasteiger partial charge in [0.2, 0.25) is 0 Å². The summed E-state index contributed by atoms with van der Waals surface area (Å²) in [6, 6.07) is 71.9. The lowest BCUT2D eigenvalue weighted by Crippen LogP contribution is -2.16. The Bertz CT molecular complexity index is 3450. The van der Waals surface area contributed by atoms with E-state index in [1.54, 1.807) is 0 Å². The minimum absolute atomic E-state index is 0.137. The minimum atomic E-state index is -0.137. The van der Waals surface area contributed by atoms with E-state index in [0.29, 0.717) is 0 Å². The van der Waals surface area contributed by atoms with Gasteiger partial charge < -0.3 is 13.7 Å². The number of furan rings is 2. The number of hydrogen-bond donors (Lipinski definition) is 0. The van der Waals surface area contributed by atoms with E-state index in [2.05, 4.69) is 213 Å². The summed E-state index contributed by atoms with van der Waals surface area (Å²) in [5.41, 5.74) is 18.8. The second kappa shape index (κ2) is 13.2. The third-order valence-corrected chi connectivity index (χ3v) is 12.7. The maximum absolute atomic E-state index is 6.78. The highest BCUT2D eigenvalue weighted by Gasteiger charge is 2.35. The molecule has 1 aliphatic carbocycles. The van der Waals surface area contributed by atoms with Crippen LogP contribution in [0.15, 0.2) is 209 Å². The Morgan fingerprint density at radius 1 is 0.317 bits per heavy atom. The van der Waals surface area contributed by atoms with Crippen molar-refractivity contribution in [2.75, 3.05) is 4.90 Å². The first kappa shape index (κ1) is 34.4. The van der Waals surface area contributed by atoms with Crippen molar-refractivity contribution in [2.45, 2.75) is 19.3 Å². The topological polar surface area (TPSA) is 29.5 Å². The largest absolute Gasteiger partial charge is 0.456 e. The molecule has 0 N–H and O–H groups in total. The van der Waals surface area contributed by atoms with E-state index in [4.69, 9.17) is 8.83 Å². The summed E-state index contributed by atoms with van der Waals surface area (Å²) in [7, 11) is 0. The number of nitrogens with zero attached hydrogens (tertiary/aromatic N) is 1. The monoisotopic (exact) mass is 769 g/mol. The predicted octanol–water partition coefficient (Wildman–Crippen LogP) is 16.3. The average molecular weight is 770 g/mol. The molecule has 2 aromatic heterocycles. The van der Waals surface area contributed by atoms with Gasteiger partial charge in [-0.1, -0.05) is 147 Å². The van der Waals surface area contributed by atoms with Crippen molar-refractivity contribution in [1.29, 1.82) is 0 Å². The third kappa shape index (κ3) is 5.43. The zero-order valence-corrected chi connectivity index (χ0v) is 33.3. The molecular formula is C57H39NO2. The molecule has 9 aromatic carbocycles. The van der Waals surface area contributed by atoms with Gasteiger partial charge >= 0.3 is 0 Å². The third-order valence-electron chi connectivity index (χ3n) is 12.7. The van der Waals surface area contributed by atoms with Crippen molar-refractivity contribution < 1.29 is 8.83 Å². The van der Waals surface area contributed by atoms with Crippen molar-refractivity contribution >= 4 is 60.9 Å². The second-order valence-corrected chi connectivity index (χ2v) is 16.5. The van der Waals surface area contributed by atoms with Crippen LogP contribution in [0, 0.1) is 0 Å². The Labute approximate surface area is 348 Å². The molecule has 0 atom stereocenters. The summed E-state index contributed by atoms with van der Waals surface area (Å²) in [4.78, 5) is 2.37. The lowest BCUT2D eigenvalue weighted by atomic mass is 9.82. The Morgan fingerprint density at radius 3 is 1.58 bits per heavy atom. The molecule has 0 amide bonds. The van der Waals surface area contributed by atoms with E-state index in [1.165, 1.54) is 44.5 Å². The molecule has 3 heteroatoms. The predicted molar refractivity (Wildman–Crippen MR) is 250 cm³/mol. The molecule has 1 aliphatic rings. The molecule has 0 saturated carbocycles. The van der Waals surface area contributed by atoms with Gasteiger partial charge in [0.25, 0.3) is 0 Å². The molecule has 60 heavy (non-hydrogen) atoms. The standard InChI is InChI=1S/C57H39NO2/c1-57(2)51-19-10-9-18-45(51)46-27-25-43(32-52(46)57)58(42-17-11-16-40(30-42)39-22-20-38(21-23-39)36-12-5-3-6-13-36)44-26-28-47-49-34-56-50(35-55(49)60-54(47)33-44)48-31-41(24-29-53(48)59-56)37-14-7-4-8-15-37/h3-35H,1-2H3. The van der Waals surface area contributed by atoms with Crippen molar-refractivity contribution in [2.24, 2.45) is 0 Å². The van der Waals surface area contributed by atoms with Crippen LogP contribution in [0.5, 0.6) is 0 Å². The lowest BCUT2D eigenvalue weighted by Gasteiger charge is -2.28. The molecular weight excluding hydrogens is 731 g/mol. The number of anilines is 3. The van der Waals surface area contributed by atoms with E-state index in [9.17, 15) is 0 Å². The first-order valence-electron chi connectivity index (χ1n) is 20.6. The van der Waals surface area contributed by atoms with Gasteiger partial charge in [-0.25, -0.2) is 0 Å². The summed E-state index contributed by atoms with van der Waals surface area (Å²) in [6.07, 6.45) is 0. The van der Waals surface area contributed by atoms with Gasteiger partial charge in [-0.05, 0) is 116 Å². The van der Waals surface area contributed by atoms with E-state index in [-0.39, 0.29) is 5.41 Å². The van der Waals surface area contributed by atoms with Gasteiger partial charge in [0.1, 0.15) is 22.3 Å². The van der Waals surface area contributed by atoms with E-state index in [1.807, 2.05) is 6.07 Å². The first-order chi connectivity index (χ1) is 29.5. The van der Waals surface area contributed by atoms with Crippen molar-refractivity contribution in [3.8, 4) is 44.5 Å². The Kier molecular flexibility index (Phi) is 7.58. The van der Waals surface area contributed by atoms with Gasteiger partial charge in [0.05, 0.1) is 0 Å². The number of rotatable bonds is 6. The molecule has 0 spiro atoms. The maximum Gasteiger partial charge on any atom is 0.137 e. The first-order valence-corrected chi connectivity index (χ1v) is 20.6. The van der Waals surface area contributed by atoms with Crippen molar-refractivity contribution in [1.82, 2.24) is 0 Å². The molecule has 0 saturated heterocycles. The summed E-state index contributed by atoms with van der Waals surface area (Å²) in [5.74, 6) is 0. The van der Waals surface area contributed by atoms with Gasteiger partial charge in [0, 0.05) is 50.1 Å². The molecule has 12 rings (SSSR count). The average Bonchev–Trinajstić information content (AvgIpc) is 3.92. The van der Waals surface area contributed by atoms with Gasteiger partial charge in [-0.15, -0.1) is 0 Å². The molecule has 0 fully saturated rings. The van der Waals surface area contributed by atoms with Crippen LogP contribution in [0.4, 0.5) is 17.1 Å². The van der Waals surface area contributed by atoms with Crippen LogP contribution >= 0.6 is 0 Å². The second-order valence-electron chi connectivity index (χ2n) is 16.5. The number of hydrogen-bond acceptors (Lipinski definition) is 3. The molecule has 284 valence electrons. The van der Waals surface area contributed by atoms with Crippen molar-refractivity contribution in [3.05, 3.63) is 211 Å². The normalized spacial score (nSPS) is 13.0. The van der Waals surface area contributed by atoms with E-state index in [0.717, 1.165) is 72.1 Å². The SMILES string of the molecule is CC1(C)c2ccccc2-c2ccc(N(c3cccc(-c4ccc(-c5ccccc5)cc4)c3)c3ccc4c(c3)oc3cc5c(cc34)oc3ccc(-c4ccccc4)cc35)cc21. The van der Waals surface area contributed by atoms with E-state index >= 15 is 0 Å². The zero-order chi connectivity index (χ0) is 40.0. The Balaban J connectivity index is 0.992. The highest BCUT2D eigenvalue weighted by molar-refractivity contribution is 6.15. The lowest BCUT2D eigenvalue weighted by molar-refractivity contribution is 0.660. The van der Waals surface area contributed by atoms with Gasteiger partial charge in [0.15, 0.2) is 0 Å². The van der Waals surface area contributed by atoms with Crippen LogP contribution in [0.1, 0.15) is 25.0 Å². The molecule has 0 radical (unpaired) electrons. The Hall–Kier alpha value is -7.62.